The van der Waals surface area contributed by atoms with Crippen LogP contribution in [0.3, 0.4) is 0 Å². The van der Waals surface area contributed by atoms with Crippen LogP contribution in [0.4, 0.5) is 14.5 Å². The van der Waals surface area contributed by atoms with Crippen LogP contribution in [-0.2, 0) is 9.53 Å². The van der Waals surface area contributed by atoms with Crippen LogP contribution in [-0.4, -0.2) is 33.1 Å². The number of benzene rings is 1. The lowest BCUT2D eigenvalue weighted by molar-refractivity contribution is -0.123. The maximum absolute atomic E-state index is 12.3. The maximum Gasteiger partial charge on any atom is 0.359 e. The summed E-state index contributed by atoms with van der Waals surface area (Å²) in [4.78, 5) is 29.1. The lowest BCUT2D eigenvalue weighted by atomic mass is 10.3. The Morgan fingerprint density at radius 3 is 2.54 bits per heavy atom. The summed E-state index contributed by atoms with van der Waals surface area (Å²) in [6.45, 7) is 3.32. The topological polar surface area (TPSA) is 72.7 Å². The molecule has 0 spiro atoms. The number of anilines is 1. The van der Waals surface area contributed by atoms with Crippen molar-refractivity contribution in [3.8, 4) is 0 Å². The van der Waals surface area contributed by atoms with Crippen molar-refractivity contribution in [2.75, 3.05) is 5.32 Å². The highest BCUT2D eigenvalue weighted by molar-refractivity contribution is 7.99. The van der Waals surface area contributed by atoms with Crippen LogP contribution >= 0.6 is 11.8 Å². The number of esters is 1. The van der Waals surface area contributed by atoms with E-state index in [0.29, 0.717) is 28.0 Å². The molecule has 2 aromatic heterocycles. The van der Waals surface area contributed by atoms with Crippen molar-refractivity contribution in [2.24, 2.45) is 0 Å². The standard InChI is InChI=1S/C19H17F2N3O3S/c1-11-4-3-5-16-23-15(10-24(11)16)18(26)27-12(2)17(25)22-13-6-8-14(9-7-13)28-19(20)21/h3-10,12,19H,1-2H3,(H,22,25)/t12-/m1/s1. The van der Waals surface area contributed by atoms with Gasteiger partial charge in [0, 0.05) is 22.5 Å². The van der Waals surface area contributed by atoms with Crippen LogP contribution in [0.25, 0.3) is 5.65 Å². The zero-order valence-electron chi connectivity index (χ0n) is 15.1. The van der Waals surface area contributed by atoms with Crippen LogP contribution in [0.15, 0.2) is 53.6 Å². The summed E-state index contributed by atoms with van der Waals surface area (Å²) in [6, 6.07) is 11.4. The Balaban J connectivity index is 1.61. The summed E-state index contributed by atoms with van der Waals surface area (Å²) >= 11 is 0.417. The van der Waals surface area contributed by atoms with Crippen molar-refractivity contribution in [3.05, 3.63) is 60.0 Å². The molecule has 0 radical (unpaired) electrons. The summed E-state index contributed by atoms with van der Waals surface area (Å²) in [5, 5.41) is 2.58. The number of imidazole rings is 1. The van der Waals surface area contributed by atoms with Gasteiger partial charge in [0.15, 0.2) is 11.8 Å². The number of amides is 1. The largest absolute Gasteiger partial charge is 0.448 e. The number of ether oxygens (including phenoxy) is 1. The molecule has 0 unspecified atom stereocenters. The zero-order valence-corrected chi connectivity index (χ0v) is 15.9. The Hall–Kier alpha value is -2.94. The average Bonchev–Trinajstić information content (AvgIpc) is 3.09. The number of hydrogen-bond donors (Lipinski definition) is 1. The minimum atomic E-state index is -2.51. The molecule has 0 saturated heterocycles. The molecule has 3 rings (SSSR count). The lowest BCUT2D eigenvalue weighted by Gasteiger charge is -2.13. The number of thioether (sulfide) groups is 1. The van der Waals surface area contributed by atoms with E-state index >= 15 is 0 Å². The molecule has 3 aromatic rings. The molecule has 1 N–H and O–H groups in total. The molecular weight excluding hydrogens is 388 g/mol. The molecule has 9 heteroatoms. The maximum atomic E-state index is 12.3. The van der Waals surface area contributed by atoms with Crippen LogP contribution in [0.2, 0.25) is 0 Å². The van der Waals surface area contributed by atoms with Crippen molar-refractivity contribution >= 4 is 35.0 Å². The van der Waals surface area contributed by atoms with Crippen molar-refractivity contribution in [2.45, 2.75) is 30.6 Å². The summed E-state index contributed by atoms with van der Waals surface area (Å²) < 4.78 is 31.6. The van der Waals surface area contributed by atoms with Gasteiger partial charge in [-0.05, 0) is 50.2 Å². The van der Waals surface area contributed by atoms with E-state index in [0.717, 1.165) is 5.69 Å². The fourth-order valence-electron chi connectivity index (χ4n) is 2.48. The quantitative estimate of drug-likeness (QED) is 0.493. The fraction of sp³-hybridized carbons (Fsp3) is 0.211. The molecule has 1 atom stereocenters. The van der Waals surface area contributed by atoms with Crippen LogP contribution in [0, 0.1) is 6.92 Å². The minimum Gasteiger partial charge on any atom is -0.448 e. The Morgan fingerprint density at radius 2 is 1.89 bits per heavy atom. The SMILES string of the molecule is Cc1cccc2nc(C(=O)O[C@H](C)C(=O)Nc3ccc(SC(F)F)cc3)cn12. The molecule has 0 saturated carbocycles. The third-order valence-electron chi connectivity index (χ3n) is 3.91. The van der Waals surface area contributed by atoms with Crippen LogP contribution in [0.5, 0.6) is 0 Å². The molecule has 1 amide bonds. The van der Waals surface area contributed by atoms with Crippen molar-refractivity contribution in [1.29, 1.82) is 0 Å². The second kappa shape index (κ2) is 8.39. The van der Waals surface area contributed by atoms with Gasteiger partial charge in [0.05, 0.1) is 0 Å². The molecule has 0 fully saturated rings. The molecule has 0 aliphatic heterocycles. The predicted octanol–water partition coefficient (Wildman–Crippen LogP) is 4.14. The first-order valence-corrected chi connectivity index (χ1v) is 9.23. The van der Waals surface area contributed by atoms with E-state index < -0.39 is 23.7 Å². The number of carbonyl (C=O) groups is 2. The second-order valence-electron chi connectivity index (χ2n) is 5.96. The lowest BCUT2D eigenvalue weighted by Crippen LogP contribution is -2.30. The van der Waals surface area contributed by atoms with E-state index in [2.05, 4.69) is 10.3 Å². The third-order valence-corrected chi connectivity index (χ3v) is 4.63. The Labute approximate surface area is 163 Å². The number of hydrogen-bond acceptors (Lipinski definition) is 5. The van der Waals surface area contributed by atoms with Gasteiger partial charge in [0.2, 0.25) is 0 Å². The average molecular weight is 405 g/mol. The van der Waals surface area contributed by atoms with Gasteiger partial charge >= 0.3 is 5.97 Å². The molecule has 146 valence electrons. The summed E-state index contributed by atoms with van der Waals surface area (Å²) in [7, 11) is 0. The van der Waals surface area contributed by atoms with Gasteiger partial charge in [-0.15, -0.1) is 0 Å². The first-order valence-electron chi connectivity index (χ1n) is 8.35. The minimum absolute atomic E-state index is 0.0994. The Kier molecular flexibility index (Phi) is 5.93. The summed E-state index contributed by atoms with van der Waals surface area (Å²) in [5.74, 6) is -3.76. The molecular formula is C19H17F2N3O3S. The van der Waals surface area contributed by atoms with Gasteiger partial charge in [0.1, 0.15) is 5.65 Å². The summed E-state index contributed by atoms with van der Waals surface area (Å²) in [5.41, 5.74) is 2.02. The van der Waals surface area contributed by atoms with Crippen molar-refractivity contribution in [3.63, 3.8) is 0 Å². The van der Waals surface area contributed by atoms with Gasteiger partial charge in [0.25, 0.3) is 11.7 Å². The van der Waals surface area contributed by atoms with Crippen molar-refractivity contribution in [1.82, 2.24) is 9.38 Å². The van der Waals surface area contributed by atoms with Gasteiger partial charge in [-0.2, -0.15) is 8.78 Å². The van der Waals surface area contributed by atoms with E-state index in [-0.39, 0.29) is 5.69 Å². The van der Waals surface area contributed by atoms with Gasteiger partial charge in [-0.3, -0.25) is 4.79 Å². The van der Waals surface area contributed by atoms with Gasteiger partial charge in [-0.25, -0.2) is 9.78 Å². The monoisotopic (exact) mass is 405 g/mol. The first kappa shape index (κ1) is 19.8. The number of nitrogens with one attached hydrogen (secondary N) is 1. The fourth-order valence-corrected chi connectivity index (χ4v) is 2.98. The third kappa shape index (κ3) is 4.66. The van der Waals surface area contributed by atoms with Crippen LogP contribution in [0.1, 0.15) is 23.1 Å². The van der Waals surface area contributed by atoms with E-state index in [1.165, 1.54) is 31.2 Å². The molecule has 6 nitrogen and oxygen atoms in total. The number of pyridine rings is 1. The smallest absolute Gasteiger partial charge is 0.359 e. The molecule has 0 bridgehead atoms. The second-order valence-corrected chi connectivity index (χ2v) is 7.02. The molecule has 0 aliphatic rings. The van der Waals surface area contributed by atoms with E-state index in [9.17, 15) is 18.4 Å². The first-order chi connectivity index (χ1) is 13.3. The number of aromatic nitrogens is 2. The number of aryl methyl sites for hydroxylation is 1. The number of alkyl halides is 2. The molecule has 2 heterocycles. The highest BCUT2D eigenvalue weighted by Crippen LogP contribution is 2.26. The van der Waals surface area contributed by atoms with E-state index in [1.54, 1.807) is 16.7 Å². The Morgan fingerprint density at radius 1 is 1.18 bits per heavy atom. The number of rotatable bonds is 6. The number of halogens is 2. The number of nitrogens with zero attached hydrogens (tertiary/aromatic N) is 2. The van der Waals surface area contributed by atoms with E-state index in [1.807, 2.05) is 19.1 Å². The summed E-state index contributed by atoms with van der Waals surface area (Å²) in [6.07, 6.45) is 0.491. The van der Waals surface area contributed by atoms with Crippen molar-refractivity contribution < 1.29 is 23.1 Å². The molecule has 1 aromatic carbocycles. The number of fused-ring (bicyclic) bond motifs is 1. The predicted molar refractivity (Wildman–Crippen MR) is 102 cm³/mol. The molecule has 28 heavy (non-hydrogen) atoms. The Bertz CT molecular complexity index is 1010. The normalized spacial score (nSPS) is 12.2. The number of carbonyl (C=O) groups excluding carboxylic acids is 2. The molecule has 0 aliphatic carbocycles. The van der Waals surface area contributed by atoms with Gasteiger partial charge < -0.3 is 14.5 Å². The zero-order chi connectivity index (χ0) is 20.3. The van der Waals surface area contributed by atoms with Crippen LogP contribution < -0.4 is 5.32 Å². The highest BCUT2D eigenvalue weighted by atomic mass is 32.2. The van der Waals surface area contributed by atoms with Gasteiger partial charge in [-0.1, -0.05) is 17.8 Å². The van der Waals surface area contributed by atoms with E-state index in [4.69, 9.17) is 4.74 Å². The highest BCUT2D eigenvalue weighted by Gasteiger charge is 2.21.